The summed E-state index contributed by atoms with van der Waals surface area (Å²) in [6, 6.07) is 1.08. The zero-order chi connectivity index (χ0) is 12.7. The van der Waals surface area contributed by atoms with Crippen molar-refractivity contribution in [3.63, 3.8) is 0 Å². The normalized spacial score (nSPS) is 10.1. The number of rotatable bonds is 6. The van der Waals surface area contributed by atoms with Gasteiger partial charge in [-0.25, -0.2) is 14.2 Å². The number of nitrogens with zero attached hydrogens (tertiary/aromatic N) is 1. The van der Waals surface area contributed by atoms with E-state index in [0.29, 0.717) is 6.54 Å². The van der Waals surface area contributed by atoms with Crippen molar-refractivity contribution in [2.24, 2.45) is 0 Å². The van der Waals surface area contributed by atoms with Crippen LogP contribution in [0.5, 0.6) is 5.75 Å². The molecule has 0 aromatic carbocycles. The SMILES string of the molecule is CONCCOc1cnc(C(=O)OC)c(F)c1. The summed E-state index contributed by atoms with van der Waals surface area (Å²) in [5.41, 5.74) is 2.19. The Balaban J connectivity index is 2.59. The molecular formula is C10H13FN2O4. The van der Waals surface area contributed by atoms with Crippen LogP contribution in [0.15, 0.2) is 12.3 Å². The smallest absolute Gasteiger partial charge is 0.359 e. The molecule has 0 unspecified atom stereocenters. The highest BCUT2D eigenvalue weighted by molar-refractivity contribution is 5.87. The van der Waals surface area contributed by atoms with Gasteiger partial charge in [-0.1, -0.05) is 0 Å². The highest BCUT2D eigenvalue weighted by atomic mass is 19.1. The molecule has 6 nitrogen and oxygen atoms in total. The first-order valence-corrected chi connectivity index (χ1v) is 4.81. The first-order valence-electron chi connectivity index (χ1n) is 4.81. The predicted molar refractivity (Wildman–Crippen MR) is 56.0 cm³/mol. The molecule has 1 N–H and O–H groups in total. The van der Waals surface area contributed by atoms with Crippen molar-refractivity contribution in [1.82, 2.24) is 10.5 Å². The molecule has 0 saturated carbocycles. The maximum Gasteiger partial charge on any atom is 0.359 e. The minimum absolute atomic E-state index is 0.230. The van der Waals surface area contributed by atoms with Crippen LogP contribution >= 0.6 is 0 Å². The molecule has 1 heterocycles. The van der Waals surface area contributed by atoms with Gasteiger partial charge in [0.25, 0.3) is 0 Å². The molecule has 94 valence electrons. The Morgan fingerprint density at radius 3 is 2.88 bits per heavy atom. The van der Waals surface area contributed by atoms with Crippen molar-refractivity contribution >= 4 is 5.97 Å². The van der Waals surface area contributed by atoms with Crippen molar-refractivity contribution < 1.29 is 23.5 Å². The van der Waals surface area contributed by atoms with E-state index in [1.807, 2.05) is 0 Å². The average molecular weight is 244 g/mol. The molecule has 0 radical (unpaired) electrons. The van der Waals surface area contributed by atoms with Gasteiger partial charge >= 0.3 is 5.97 Å². The summed E-state index contributed by atoms with van der Waals surface area (Å²) in [5.74, 6) is -1.38. The number of ether oxygens (including phenoxy) is 2. The molecule has 7 heteroatoms. The fourth-order valence-electron chi connectivity index (χ4n) is 1.06. The summed E-state index contributed by atoms with van der Waals surface area (Å²) < 4.78 is 22.9. The number of halogens is 1. The van der Waals surface area contributed by atoms with Crippen LogP contribution in [0.2, 0.25) is 0 Å². The van der Waals surface area contributed by atoms with Crippen LogP contribution in [0.4, 0.5) is 4.39 Å². The molecule has 0 aliphatic rings. The molecule has 0 aliphatic carbocycles. The monoisotopic (exact) mass is 244 g/mol. The molecule has 17 heavy (non-hydrogen) atoms. The van der Waals surface area contributed by atoms with Gasteiger partial charge in [0, 0.05) is 6.07 Å². The highest BCUT2D eigenvalue weighted by Gasteiger charge is 2.14. The van der Waals surface area contributed by atoms with Gasteiger partial charge in [0.2, 0.25) is 0 Å². The number of methoxy groups -OCH3 is 1. The summed E-state index contributed by atoms with van der Waals surface area (Å²) in [6.45, 7) is 0.726. The minimum Gasteiger partial charge on any atom is -0.490 e. The lowest BCUT2D eigenvalue weighted by molar-refractivity contribution is 0.0588. The third-order valence-corrected chi connectivity index (χ3v) is 1.81. The molecule has 0 aliphatic heterocycles. The van der Waals surface area contributed by atoms with Gasteiger partial charge in [-0.15, -0.1) is 0 Å². The van der Waals surface area contributed by atoms with Crippen LogP contribution in [0.3, 0.4) is 0 Å². The number of carbonyl (C=O) groups excluding carboxylic acids is 1. The largest absolute Gasteiger partial charge is 0.490 e. The molecule has 0 bridgehead atoms. The molecule has 0 atom stereocenters. The third-order valence-electron chi connectivity index (χ3n) is 1.81. The van der Waals surface area contributed by atoms with E-state index in [2.05, 4.69) is 20.0 Å². The lowest BCUT2D eigenvalue weighted by Gasteiger charge is -2.07. The van der Waals surface area contributed by atoms with E-state index >= 15 is 0 Å². The van der Waals surface area contributed by atoms with Crippen LogP contribution < -0.4 is 10.2 Å². The Kier molecular flexibility index (Phi) is 5.31. The van der Waals surface area contributed by atoms with Gasteiger partial charge in [-0.2, -0.15) is 5.48 Å². The van der Waals surface area contributed by atoms with Crippen LogP contribution in [-0.2, 0) is 9.57 Å². The van der Waals surface area contributed by atoms with Crippen LogP contribution in [-0.4, -0.2) is 38.3 Å². The van der Waals surface area contributed by atoms with E-state index in [1.165, 1.54) is 13.3 Å². The van der Waals surface area contributed by atoms with Gasteiger partial charge in [-0.3, -0.25) is 0 Å². The lowest BCUT2D eigenvalue weighted by atomic mass is 10.3. The number of hydrogen-bond donors (Lipinski definition) is 1. The van der Waals surface area contributed by atoms with Crippen molar-refractivity contribution in [3.8, 4) is 5.75 Å². The van der Waals surface area contributed by atoms with Crippen molar-refractivity contribution in [2.45, 2.75) is 0 Å². The molecule has 1 aromatic rings. The molecule has 1 rings (SSSR count). The van der Waals surface area contributed by atoms with E-state index in [4.69, 9.17) is 4.74 Å². The first kappa shape index (κ1) is 13.3. The Morgan fingerprint density at radius 1 is 1.53 bits per heavy atom. The van der Waals surface area contributed by atoms with E-state index in [0.717, 1.165) is 13.2 Å². The zero-order valence-electron chi connectivity index (χ0n) is 9.53. The minimum atomic E-state index is -0.824. The first-order chi connectivity index (χ1) is 8.19. The summed E-state index contributed by atoms with van der Waals surface area (Å²) in [5, 5.41) is 0. The quantitative estimate of drug-likeness (QED) is 0.447. The van der Waals surface area contributed by atoms with Gasteiger partial charge in [0.1, 0.15) is 12.4 Å². The van der Waals surface area contributed by atoms with Gasteiger partial charge in [-0.05, 0) is 0 Å². The Hall–Kier alpha value is -1.73. The number of carbonyl (C=O) groups is 1. The second-order valence-electron chi connectivity index (χ2n) is 2.94. The van der Waals surface area contributed by atoms with E-state index in [1.54, 1.807) is 0 Å². The molecule has 1 aromatic heterocycles. The van der Waals surface area contributed by atoms with Gasteiger partial charge < -0.3 is 14.3 Å². The number of aromatic nitrogens is 1. The molecular weight excluding hydrogens is 231 g/mol. The van der Waals surface area contributed by atoms with Crippen LogP contribution in [0.1, 0.15) is 10.5 Å². The molecule has 0 amide bonds. The number of pyridine rings is 1. The van der Waals surface area contributed by atoms with Gasteiger partial charge in [0.15, 0.2) is 11.5 Å². The topological polar surface area (TPSA) is 69.7 Å². The van der Waals surface area contributed by atoms with Crippen molar-refractivity contribution in [1.29, 1.82) is 0 Å². The van der Waals surface area contributed by atoms with E-state index in [9.17, 15) is 9.18 Å². The Labute approximate surface area is 97.6 Å². The summed E-state index contributed by atoms with van der Waals surface area (Å²) in [7, 11) is 2.64. The zero-order valence-corrected chi connectivity index (χ0v) is 9.53. The second-order valence-corrected chi connectivity index (χ2v) is 2.94. The van der Waals surface area contributed by atoms with Crippen LogP contribution in [0, 0.1) is 5.82 Å². The number of esters is 1. The standard InChI is InChI=1S/C10H13FN2O4/c1-15-10(14)9-8(11)5-7(6-12-9)17-4-3-13-16-2/h5-6,13H,3-4H2,1-2H3. The lowest BCUT2D eigenvalue weighted by Crippen LogP contribution is -2.19. The molecule has 0 fully saturated rings. The average Bonchev–Trinajstić information content (AvgIpc) is 2.34. The van der Waals surface area contributed by atoms with Crippen molar-refractivity contribution in [3.05, 3.63) is 23.8 Å². The predicted octanol–water partition coefficient (Wildman–Crippen LogP) is 0.537. The summed E-state index contributed by atoms with van der Waals surface area (Å²) in [6.07, 6.45) is 1.25. The number of hydroxylamine groups is 1. The van der Waals surface area contributed by atoms with E-state index < -0.39 is 11.8 Å². The number of hydrogen-bond acceptors (Lipinski definition) is 6. The molecule has 0 saturated heterocycles. The molecule has 0 spiro atoms. The fraction of sp³-hybridized carbons (Fsp3) is 0.400. The van der Waals surface area contributed by atoms with E-state index in [-0.39, 0.29) is 18.1 Å². The van der Waals surface area contributed by atoms with Gasteiger partial charge in [0.05, 0.1) is 27.0 Å². The number of nitrogens with one attached hydrogen (secondary N) is 1. The fourth-order valence-corrected chi connectivity index (χ4v) is 1.06. The highest BCUT2D eigenvalue weighted by Crippen LogP contribution is 2.14. The second kappa shape index (κ2) is 6.77. The Bertz CT molecular complexity index is 387. The van der Waals surface area contributed by atoms with Crippen molar-refractivity contribution in [2.75, 3.05) is 27.4 Å². The third kappa shape index (κ3) is 3.97. The Morgan fingerprint density at radius 2 is 2.29 bits per heavy atom. The maximum absolute atomic E-state index is 13.4. The van der Waals surface area contributed by atoms with Crippen LogP contribution in [0.25, 0.3) is 0 Å². The summed E-state index contributed by atoms with van der Waals surface area (Å²) >= 11 is 0. The maximum atomic E-state index is 13.4. The summed E-state index contributed by atoms with van der Waals surface area (Å²) in [4.78, 5) is 19.3.